The zero-order chi connectivity index (χ0) is 17.2. The van der Waals surface area contributed by atoms with Gasteiger partial charge in [-0.15, -0.1) is 24.0 Å². The van der Waals surface area contributed by atoms with E-state index >= 15 is 0 Å². The van der Waals surface area contributed by atoms with Crippen molar-refractivity contribution in [2.75, 3.05) is 13.1 Å². The van der Waals surface area contributed by atoms with Crippen LogP contribution in [0, 0.1) is 0 Å². The van der Waals surface area contributed by atoms with E-state index in [-0.39, 0.29) is 24.0 Å². The normalized spacial score (nSPS) is 11.2. The van der Waals surface area contributed by atoms with Gasteiger partial charge in [-0.3, -0.25) is 4.68 Å². The molecule has 140 valence electrons. The van der Waals surface area contributed by atoms with Gasteiger partial charge in [-0.1, -0.05) is 19.0 Å². The topological polar surface area (TPSA) is 80.3 Å². The van der Waals surface area contributed by atoms with Crippen LogP contribution in [-0.4, -0.2) is 34.0 Å². The lowest BCUT2D eigenvalue weighted by atomic mass is 10.1. The standard InChI is InChI=1S/C17H28N6O.HI/c1-4-15-14(16(5-2)24-22-15)13-20-17(18-6-3)19-9-7-11-23-12-8-10-21-23;/h8,10,12H,4-7,9,11,13H2,1-3H3,(H2,18,19,20);1H. The number of aliphatic imine (C=N–C) groups is 1. The molecule has 0 aliphatic heterocycles. The van der Waals surface area contributed by atoms with E-state index in [1.807, 2.05) is 16.9 Å². The zero-order valence-corrected chi connectivity index (χ0v) is 17.6. The van der Waals surface area contributed by atoms with Crippen molar-refractivity contribution in [3.63, 3.8) is 0 Å². The minimum absolute atomic E-state index is 0. The molecule has 0 aliphatic rings. The number of halogens is 1. The molecule has 8 heteroatoms. The number of hydrogen-bond acceptors (Lipinski definition) is 4. The molecule has 0 aliphatic carbocycles. The first kappa shape index (κ1) is 21.5. The highest BCUT2D eigenvalue weighted by atomic mass is 127. The van der Waals surface area contributed by atoms with Crippen LogP contribution in [0.2, 0.25) is 0 Å². The number of aryl methyl sites for hydroxylation is 3. The van der Waals surface area contributed by atoms with Crippen molar-refractivity contribution in [3.8, 4) is 0 Å². The van der Waals surface area contributed by atoms with Crippen molar-refractivity contribution in [2.45, 2.75) is 53.1 Å². The minimum Gasteiger partial charge on any atom is -0.361 e. The van der Waals surface area contributed by atoms with Gasteiger partial charge in [0.05, 0.1) is 12.2 Å². The summed E-state index contributed by atoms with van der Waals surface area (Å²) >= 11 is 0. The Bertz CT molecular complexity index is 602. The predicted molar refractivity (Wildman–Crippen MR) is 110 cm³/mol. The van der Waals surface area contributed by atoms with Gasteiger partial charge >= 0.3 is 0 Å². The van der Waals surface area contributed by atoms with E-state index in [2.05, 4.69) is 46.7 Å². The van der Waals surface area contributed by atoms with Crippen molar-refractivity contribution in [3.05, 3.63) is 35.5 Å². The van der Waals surface area contributed by atoms with Crippen molar-refractivity contribution in [2.24, 2.45) is 4.99 Å². The number of guanidine groups is 1. The minimum atomic E-state index is 0. The summed E-state index contributed by atoms with van der Waals surface area (Å²) in [6.07, 6.45) is 6.46. The third-order valence-electron chi connectivity index (χ3n) is 3.76. The van der Waals surface area contributed by atoms with Crippen LogP contribution in [-0.2, 0) is 25.9 Å². The van der Waals surface area contributed by atoms with Gasteiger partial charge in [0.25, 0.3) is 0 Å². The number of rotatable bonds is 9. The second-order valence-electron chi connectivity index (χ2n) is 5.48. The number of hydrogen-bond donors (Lipinski definition) is 2. The smallest absolute Gasteiger partial charge is 0.191 e. The monoisotopic (exact) mass is 460 g/mol. The van der Waals surface area contributed by atoms with Crippen LogP contribution in [0.4, 0.5) is 0 Å². The molecule has 0 amide bonds. The molecular formula is C17H29IN6O. The summed E-state index contributed by atoms with van der Waals surface area (Å²) in [6, 6.07) is 1.94. The Hall–Kier alpha value is -1.58. The Balaban J connectivity index is 0.00000312. The average molecular weight is 460 g/mol. The number of nitrogens with zero attached hydrogens (tertiary/aromatic N) is 4. The fourth-order valence-electron chi connectivity index (χ4n) is 2.50. The van der Waals surface area contributed by atoms with Gasteiger partial charge in [-0.05, 0) is 25.8 Å². The van der Waals surface area contributed by atoms with Gasteiger partial charge in [0.2, 0.25) is 0 Å². The number of aromatic nitrogens is 3. The van der Waals surface area contributed by atoms with Gasteiger partial charge in [0.1, 0.15) is 5.76 Å². The molecule has 2 aromatic heterocycles. The molecular weight excluding hydrogens is 431 g/mol. The quantitative estimate of drug-likeness (QED) is 0.260. The Morgan fingerprint density at radius 1 is 1.24 bits per heavy atom. The highest BCUT2D eigenvalue weighted by Crippen LogP contribution is 2.16. The maximum Gasteiger partial charge on any atom is 0.191 e. The molecule has 0 fully saturated rings. The second kappa shape index (κ2) is 11.9. The van der Waals surface area contributed by atoms with Gasteiger partial charge in [0.15, 0.2) is 5.96 Å². The summed E-state index contributed by atoms with van der Waals surface area (Å²) in [4.78, 5) is 4.68. The molecule has 0 aromatic carbocycles. The Morgan fingerprint density at radius 3 is 2.72 bits per heavy atom. The molecule has 0 radical (unpaired) electrons. The van der Waals surface area contributed by atoms with Crippen molar-refractivity contribution < 1.29 is 4.52 Å². The van der Waals surface area contributed by atoms with Crippen LogP contribution < -0.4 is 10.6 Å². The summed E-state index contributed by atoms with van der Waals surface area (Å²) in [5.74, 6) is 1.76. The van der Waals surface area contributed by atoms with Gasteiger partial charge in [-0.25, -0.2) is 4.99 Å². The predicted octanol–water partition coefficient (Wildman–Crippen LogP) is 2.76. The van der Waals surface area contributed by atoms with E-state index in [1.54, 1.807) is 6.20 Å². The largest absolute Gasteiger partial charge is 0.361 e. The lowest BCUT2D eigenvalue weighted by molar-refractivity contribution is 0.380. The Kier molecular flexibility index (Phi) is 10.2. The second-order valence-corrected chi connectivity index (χ2v) is 5.48. The molecule has 25 heavy (non-hydrogen) atoms. The third-order valence-corrected chi connectivity index (χ3v) is 3.76. The third kappa shape index (κ3) is 6.68. The summed E-state index contributed by atoms with van der Waals surface area (Å²) in [5.41, 5.74) is 2.12. The van der Waals surface area contributed by atoms with E-state index in [9.17, 15) is 0 Å². The SMILES string of the molecule is CCNC(=NCc1c(CC)noc1CC)NCCCn1cccn1.I. The first-order valence-corrected chi connectivity index (χ1v) is 8.74. The average Bonchev–Trinajstić information content (AvgIpc) is 3.25. The maximum atomic E-state index is 5.40. The highest BCUT2D eigenvalue weighted by molar-refractivity contribution is 14.0. The van der Waals surface area contributed by atoms with Crippen LogP contribution >= 0.6 is 24.0 Å². The van der Waals surface area contributed by atoms with E-state index in [1.165, 1.54) is 0 Å². The highest BCUT2D eigenvalue weighted by Gasteiger charge is 2.12. The van der Waals surface area contributed by atoms with E-state index in [0.717, 1.165) is 61.9 Å². The molecule has 7 nitrogen and oxygen atoms in total. The van der Waals surface area contributed by atoms with E-state index in [4.69, 9.17) is 4.52 Å². The summed E-state index contributed by atoms with van der Waals surface area (Å²) in [5, 5.41) is 15.0. The fourth-order valence-corrected chi connectivity index (χ4v) is 2.50. The molecule has 2 aromatic rings. The van der Waals surface area contributed by atoms with Gasteiger partial charge in [-0.2, -0.15) is 5.10 Å². The van der Waals surface area contributed by atoms with Crippen LogP contribution in [0.3, 0.4) is 0 Å². The van der Waals surface area contributed by atoms with Crippen molar-refractivity contribution in [1.82, 2.24) is 25.6 Å². The zero-order valence-electron chi connectivity index (χ0n) is 15.3. The molecule has 0 saturated heterocycles. The van der Waals surface area contributed by atoms with E-state index in [0.29, 0.717) is 6.54 Å². The molecule has 0 unspecified atom stereocenters. The molecule has 0 atom stereocenters. The van der Waals surface area contributed by atoms with E-state index < -0.39 is 0 Å². The summed E-state index contributed by atoms with van der Waals surface area (Å²) in [6.45, 7) is 9.38. The first-order valence-electron chi connectivity index (χ1n) is 8.74. The molecule has 0 bridgehead atoms. The lowest BCUT2D eigenvalue weighted by Gasteiger charge is -2.11. The van der Waals surface area contributed by atoms with Crippen molar-refractivity contribution >= 4 is 29.9 Å². The molecule has 2 heterocycles. The number of nitrogens with one attached hydrogen (secondary N) is 2. The van der Waals surface area contributed by atoms with Crippen LogP contribution in [0.1, 0.15) is 44.2 Å². The Labute approximate surface area is 166 Å². The molecule has 2 rings (SSSR count). The maximum absolute atomic E-state index is 5.40. The first-order chi connectivity index (χ1) is 11.8. The van der Waals surface area contributed by atoms with Crippen LogP contribution in [0.25, 0.3) is 0 Å². The molecule has 0 saturated carbocycles. The van der Waals surface area contributed by atoms with Crippen LogP contribution in [0.15, 0.2) is 28.0 Å². The van der Waals surface area contributed by atoms with Crippen molar-refractivity contribution in [1.29, 1.82) is 0 Å². The van der Waals surface area contributed by atoms with Crippen LogP contribution in [0.5, 0.6) is 0 Å². The fraction of sp³-hybridized carbons (Fsp3) is 0.588. The summed E-state index contributed by atoms with van der Waals surface area (Å²) in [7, 11) is 0. The molecule has 0 spiro atoms. The lowest BCUT2D eigenvalue weighted by Crippen LogP contribution is -2.38. The van der Waals surface area contributed by atoms with Gasteiger partial charge in [0, 0.05) is 44.0 Å². The Morgan fingerprint density at radius 2 is 2.08 bits per heavy atom. The molecule has 2 N–H and O–H groups in total. The summed E-state index contributed by atoms with van der Waals surface area (Å²) < 4.78 is 7.33. The van der Waals surface area contributed by atoms with Gasteiger partial charge < -0.3 is 15.2 Å².